The smallest absolute Gasteiger partial charge is 0.248 e. The van der Waals surface area contributed by atoms with Crippen LogP contribution in [-0.4, -0.2) is 47.3 Å². The maximum absolute atomic E-state index is 12.4. The monoisotopic (exact) mass is 412 g/mol. The molecule has 1 aliphatic heterocycles. The Morgan fingerprint density at radius 1 is 1.17 bits per heavy atom. The number of carbonyl (C=O) groups is 1. The molecule has 0 saturated carbocycles. The van der Waals surface area contributed by atoms with Crippen LogP contribution in [0.25, 0.3) is 11.4 Å². The van der Waals surface area contributed by atoms with Gasteiger partial charge in [-0.25, -0.2) is 8.42 Å². The summed E-state index contributed by atoms with van der Waals surface area (Å²) in [6.07, 6.45) is 2.77. The summed E-state index contributed by atoms with van der Waals surface area (Å²) in [5.74, 6) is 0.111. The van der Waals surface area contributed by atoms with E-state index >= 15 is 0 Å². The van der Waals surface area contributed by atoms with E-state index in [9.17, 15) is 13.2 Å². The number of tetrazole rings is 1. The molecule has 10 heteroatoms. The molecule has 150 valence electrons. The van der Waals surface area contributed by atoms with Crippen molar-refractivity contribution < 1.29 is 13.2 Å². The van der Waals surface area contributed by atoms with Gasteiger partial charge >= 0.3 is 0 Å². The molecule has 2 heterocycles. The number of rotatable bonds is 5. The Hall–Kier alpha value is -3.27. The first-order valence-corrected chi connectivity index (χ1v) is 11.0. The summed E-state index contributed by atoms with van der Waals surface area (Å²) in [4.78, 5) is 13.6. The predicted octanol–water partition coefficient (Wildman–Crippen LogP) is 1.69. The van der Waals surface area contributed by atoms with Gasteiger partial charge in [-0.2, -0.15) is 4.80 Å². The summed E-state index contributed by atoms with van der Waals surface area (Å²) in [5, 5.41) is 14.9. The van der Waals surface area contributed by atoms with E-state index in [1.54, 1.807) is 12.1 Å². The molecule has 1 amide bonds. The zero-order chi connectivity index (χ0) is 20.4. The summed E-state index contributed by atoms with van der Waals surface area (Å²) < 4.78 is 25.5. The van der Waals surface area contributed by atoms with E-state index in [0.717, 1.165) is 24.0 Å². The molecule has 0 unspecified atom stereocenters. The average molecular weight is 412 g/mol. The molecule has 0 atom stereocenters. The summed E-state index contributed by atoms with van der Waals surface area (Å²) in [5.41, 5.74) is 2.90. The molecule has 0 aliphatic carbocycles. The van der Waals surface area contributed by atoms with Crippen LogP contribution in [0, 0.1) is 0 Å². The van der Waals surface area contributed by atoms with E-state index in [1.807, 2.05) is 36.4 Å². The van der Waals surface area contributed by atoms with E-state index in [-0.39, 0.29) is 12.5 Å². The third-order valence-electron chi connectivity index (χ3n) is 4.62. The van der Waals surface area contributed by atoms with Gasteiger partial charge in [0.1, 0.15) is 6.54 Å². The van der Waals surface area contributed by atoms with Gasteiger partial charge in [-0.1, -0.05) is 36.4 Å². The number of hydrogen-bond acceptors (Lipinski definition) is 6. The van der Waals surface area contributed by atoms with Crippen LogP contribution in [0.2, 0.25) is 0 Å². The molecule has 0 spiro atoms. The number of nitrogens with one attached hydrogen (secondary N) is 1. The van der Waals surface area contributed by atoms with Crippen molar-refractivity contribution in [1.29, 1.82) is 0 Å². The normalized spacial score (nSPS) is 13.8. The number of aryl methyl sites for hydroxylation is 1. The van der Waals surface area contributed by atoms with Gasteiger partial charge < -0.3 is 5.32 Å². The summed E-state index contributed by atoms with van der Waals surface area (Å²) in [6.45, 7) is 0.334. The molecule has 4 rings (SSSR count). The van der Waals surface area contributed by atoms with Gasteiger partial charge in [0.25, 0.3) is 0 Å². The zero-order valence-corrected chi connectivity index (χ0v) is 16.6. The molecule has 1 aromatic heterocycles. The van der Waals surface area contributed by atoms with E-state index in [4.69, 9.17) is 0 Å². The summed E-state index contributed by atoms with van der Waals surface area (Å²) in [7, 11) is -3.37. The molecule has 3 aromatic rings. The van der Waals surface area contributed by atoms with Crippen molar-refractivity contribution in [1.82, 2.24) is 20.2 Å². The predicted molar refractivity (Wildman–Crippen MR) is 109 cm³/mol. The number of fused-ring (bicyclic) bond motifs is 1. The number of aromatic nitrogens is 4. The average Bonchev–Trinajstić information content (AvgIpc) is 3.15. The highest BCUT2D eigenvalue weighted by Crippen LogP contribution is 2.31. The van der Waals surface area contributed by atoms with Crippen molar-refractivity contribution in [2.45, 2.75) is 19.4 Å². The van der Waals surface area contributed by atoms with Crippen LogP contribution in [0.4, 0.5) is 11.4 Å². The summed E-state index contributed by atoms with van der Waals surface area (Å²) >= 11 is 0. The van der Waals surface area contributed by atoms with Gasteiger partial charge in [0.2, 0.25) is 21.8 Å². The molecular weight excluding hydrogens is 392 g/mol. The first-order valence-electron chi connectivity index (χ1n) is 9.14. The van der Waals surface area contributed by atoms with Gasteiger partial charge in [-0.15, -0.1) is 10.2 Å². The molecular formula is C19H20N6O3S. The second-order valence-electron chi connectivity index (χ2n) is 6.84. The highest BCUT2D eigenvalue weighted by atomic mass is 32.2. The topological polar surface area (TPSA) is 110 Å². The largest absolute Gasteiger partial charge is 0.324 e. The van der Waals surface area contributed by atoms with Gasteiger partial charge in [0.05, 0.1) is 11.9 Å². The fourth-order valence-electron chi connectivity index (χ4n) is 3.31. The van der Waals surface area contributed by atoms with Crippen molar-refractivity contribution in [3.05, 3.63) is 54.1 Å². The number of hydrogen-bond donors (Lipinski definition) is 1. The fourth-order valence-corrected chi connectivity index (χ4v) is 4.29. The maximum Gasteiger partial charge on any atom is 0.248 e. The van der Waals surface area contributed by atoms with Crippen LogP contribution in [0.15, 0.2) is 48.5 Å². The Bertz CT molecular complexity index is 1140. The highest BCUT2D eigenvalue weighted by Gasteiger charge is 2.24. The Balaban J connectivity index is 1.48. The molecule has 0 bridgehead atoms. The third-order valence-corrected chi connectivity index (χ3v) is 5.80. The lowest BCUT2D eigenvalue weighted by Gasteiger charge is -2.29. The van der Waals surface area contributed by atoms with Gasteiger partial charge in [0.15, 0.2) is 0 Å². The lowest BCUT2D eigenvalue weighted by molar-refractivity contribution is -0.117. The first kappa shape index (κ1) is 19.1. The number of nitrogens with zero attached hydrogens (tertiary/aromatic N) is 5. The Morgan fingerprint density at radius 3 is 2.72 bits per heavy atom. The summed E-state index contributed by atoms with van der Waals surface area (Å²) in [6, 6.07) is 14.7. The molecule has 29 heavy (non-hydrogen) atoms. The fraction of sp³-hybridized carbons (Fsp3) is 0.263. The Morgan fingerprint density at radius 2 is 1.97 bits per heavy atom. The highest BCUT2D eigenvalue weighted by molar-refractivity contribution is 7.92. The second kappa shape index (κ2) is 7.63. The van der Waals surface area contributed by atoms with Crippen molar-refractivity contribution >= 4 is 27.3 Å². The molecule has 0 saturated heterocycles. The van der Waals surface area contributed by atoms with Crippen molar-refractivity contribution in [3.63, 3.8) is 0 Å². The molecule has 9 nitrogen and oxygen atoms in total. The van der Waals surface area contributed by atoms with Gasteiger partial charge in [0, 0.05) is 17.8 Å². The standard InChI is InChI=1S/C19H20N6O3S/c1-29(27,28)24-11-5-8-14-9-10-16(12-17(14)24)20-18(26)13-25-22-19(21-23-25)15-6-3-2-4-7-15/h2-4,6-7,9-10,12H,5,8,11,13H2,1H3,(H,20,26). The lowest BCUT2D eigenvalue weighted by atomic mass is 10.0. The van der Waals surface area contributed by atoms with Crippen molar-refractivity contribution in [2.24, 2.45) is 0 Å². The van der Waals surface area contributed by atoms with Crippen LogP contribution in [0.1, 0.15) is 12.0 Å². The van der Waals surface area contributed by atoms with E-state index in [0.29, 0.717) is 23.7 Å². The van der Waals surface area contributed by atoms with Gasteiger partial charge in [-0.05, 0) is 35.8 Å². The molecule has 1 N–H and O–H groups in total. The molecule has 0 radical (unpaired) electrons. The van der Waals surface area contributed by atoms with Crippen molar-refractivity contribution in [2.75, 3.05) is 22.4 Å². The van der Waals surface area contributed by atoms with Crippen LogP contribution in [0.5, 0.6) is 0 Å². The lowest BCUT2D eigenvalue weighted by Crippen LogP contribution is -2.34. The zero-order valence-electron chi connectivity index (χ0n) is 15.8. The second-order valence-corrected chi connectivity index (χ2v) is 8.75. The van der Waals surface area contributed by atoms with Gasteiger partial charge in [-0.3, -0.25) is 9.10 Å². The maximum atomic E-state index is 12.4. The van der Waals surface area contributed by atoms with E-state index in [1.165, 1.54) is 15.4 Å². The molecule has 0 fully saturated rings. The van der Waals surface area contributed by atoms with Crippen LogP contribution >= 0.6 is 0 Å². The van der Waals surface area contributed by atoms with Crippen LogP contribution in [-0.2, 0) is 27.8 Å². The number of sulfonamides is 1. The number of benzene rings is 2. The molecule has 1 aliphatic rings. The van der Waals surface area contributed by atoms with Crippen LogP contribution < -0.4 is 9.62 Å². The minimum atomic E-state index is -3.37. The third kappa shape index (κ3) is 4.27. The number of anilines is 2. The van der Waals surface area contributed by atoms with Crippen LogP contribution in [0.3, 0.4) is 0 Å². The quantitative estimate of drug-likeness (QED) is 0.683. The SMILES string of the molecule is CS(=O)(=O)N1CCCc2ccc(NC(=O)Cn3nnc(-c4ccccc4)n3)cc21. The minimum absolute atomic E-state index is 0.104. The Labute approximate surface area is 168 Å². The minimum Gasteiger partial charge on any atom is -0.324 e. The first-order chi connectivity index (χ1) is 13.9. The number of amides is 1. The number of carbonyl (C=O) groups excluding carboxylic acids is 1. The van der Waals surface area contributed by atoms with E-state index < -0.39 is 10.0 Å². The van der Waals surface area contributed by atoms with E-state index in [2.05, 4.69) is 20.7 Å². The molecule has 2 aromatic carbocycles. The van der Waals surface area contributed by atoms with Crippen molar-refractivity contribution in [3.8, 4) is 11.4 Å². The Kier molecular flexibility index (Phi) is 5.01.